The summed E-state index contributed by atoms with van der Waals surface area (Å²) in [5, 5.41) is 3.25. The van der Waals surface area contributed by atoms with Crippen LogP contribution in [-0.2, 0) is 0 Å². The minimum atomic E-state index is 0.769. The van der Waals surface area contributed by atoms with Crippen molar-refractivity contribution in [2.45, 2.75) is 16.9 Å². The molecule has 2 atom stereocenters. The summed E-state index contributed by atoms with van der Waals surface area (Å²) in [6.45, 7) is 3.42. The molecule has 0 aromatic heterocycles. The average Bonchev–Trinajstić information content (AvgIpc) is 1.61. The second kappa shape index (κ2) is 1.66. The number of rotatable bonds is 0. The summed E-state index contributed by atoms with van der Waals surface area (Å²) in [5.41, 5.74) is 0. The molecule has 1 saturated heterocycles. The maximum atomic E-state index is 3.25. The van der Waals surface area contributed by atoms with E-state index in [0.29, 0.717) is 0 Å². The minimum absolute atomic E-state index is 0.769. The van der Waals surface area contributed by atoms with Gasteiger partial charge in [0.2, 0.25) is 0 Å². The predicted molar refractivity (Wildman–Crippen MR) is 35.3 cm³/mol. The number of hydrogen-bond donors (Lipinski definition) is 1. The van der Waals surface area contributed by atoms with Crippen LogP contribution in [0.3, 0.4) is 0 Å². The van der Waals surface area contributed by atoms with Gasteiger partial charge in [-0.25, -0.2) is 0 Å². The monoisotopic (exact) mass is 197 g/mol. The van der Waals surface area contributed by atoms with Crippen molar-refractivity contribution < 1.29 is 0 Å². The van der Waals surface area contributed by atoms with Gasteiger partial charge in [-0.15, -0.1) is 0 Å². The van der Waals surface area contributed by atoms with Crippen LogP contribution in [0.2, 0.25) is 0 Å². The molecule has 0 saturated carbocycles. The van der Waals surface area contributed by atoms with E-state index in [1.807, 2.05) is 0 Å². The van der Waals surface area contributed by atoms with Crippen molar-refractivity contribution in [3.8, 4) is 0 Å². The van der Waals surface area contributed by atoms with Crippen LogP contribution in [0.5, 0.6) is 0 Å². The van der Waals surface area contributed by atoms with Gasteiger partial charge in [0, 0.05) is 16.5 Å². The third kappa shape index (κ3) is 0.680. The SMILES string of the molecule is C[C@H]1NC[C@H]1I. The standard InChI is InChI=1S/C4H8IN/c1-3-4(5)2-6-3/h3-4,6H,2H2,1H3/t3-,4-/m1/s1. The summed E-state index contributed by atoms with van der Waals surface area (Å²) in [6.07, 6.45) is 0. The lowest BCUT2D eigenvalue weighted by atomic mass is 10.1. The number of nitrogens with one attached hydrogen (secondary N) is 1. The molecule has 0 bridgehead atoms. The zero-order valence-electron chi connectivity index (χ0n) is 3.74. The highest BCUT2D eigenvalue weighted by atomic mass is 127. The van der Waals surface area contributed by atoms with Crippen LogP contribution in [0.15, 0.2) is 0 Å². The maximum absolute atomic E-state index is 3.25. The van der Waals surface area contributed by atoms with Gasteiger partial charge in [0.1, 0.15) is 0 Å². The van der Waals surface area contributed by atoms with E-state index < -0.39 is 0 Å². The molecular weight excluding hydrogens is 189 g/mol. The lowest BCUT2D eigenvalue weighted by molar-refractivity contribution is 0.429. The van der Waals surface area contributed by atoms with Gasteiger partial charge in [0.15, 0.2) is 0 Å². The second-order valence-electron chi connectivity index (χ2n) is 1.71. The molecule has 1 heterocycles. The fraction of sp³-hybridized carbons (Fsp3) is 1.00. The molecule has 1 rings (SSSR count). The van der Waals surface area contributed by atoms with Crippen molar-refractivity contribution in [1.82, 2.24) is 5.32 Å². The molecular formula is C4H8IN. The lowest BCUT2D eigenvalue weighted by Crippen LogP contribution is -2.51. The largest absolute Gasteiger partial charge is 0.312 e. The average molecular weight is 197 g/mol. The molecule has 2 heteroatoms. The Morgan fingerprint density at radius 1 is 1.83 bits per heavy atom. The van der Waals surface area contributed by atoms with E-state index >= 15 is 0 Å². The Morgan fingerprint density at radius 2 is 2.33 bits per heavy atom. The van der Waals surface area contributed by atoms with Crippen molar-refractivity contribution in [2.75, 3.05) is 6.54 Å². The number of hydrogen-bond acceptors (Lipinski definition) is 1. The molecule has 0 aliphatic carbocycles. The van der Waals surface area contributed by atoms with Crippen molar-refractivity contribution in [2.24, 2.45) is 0 Å². The second-order valence-corrected chi connectivity index (χ2v) is 3.31. The summed E-state index contributed by atoms with van der Waals surface area (Å²) in [6, 6.07) is 0.769. The Morgan fingerprint density at radius 3 is 2.33 bits per heavy atom. The van der Waals surface area contributed by atoms with Crippen molar-refractivity contribution in [3.05, 3.63) is 0 Å². The van der Waals surface area contributed by atoms with Crippen LogP contribution in [0.4, 0.5) is 0 Å². The van der Waals surface area contributed by atoms with E-state index in [4.69, 9.17) is 0 Å². The van der Waals surface area contributed by atoms with E-state index in [0.717, 1.165) is 9.97 Å². The molecule has 0 amide bonds. The number of alkyl halides is 1. The summed E-state index contributed by atoms with van der Waals surface area (Å²) in [5.74, 6) is 0. The van der Waals surface area contributed by atoms with Crippen LogP contribution < -0.4 is 5.32 Å². The zero-order valence-corrected chi connectivity index (χ0v) is 5.90. The fourth-order valence-corrected chi connectivity index (χ4v) is 0.951. The molecule has 1 N–H and O–H groups in total. The third-order valence-electron chi connectivity index (χ3n) is 1.18. The Labute approximate surface area is 51.6 Å². The molecule has 1 aliphatic heterocycles. The maximum Gasteiger partial charge on any atom is 0.0385 e. The van der Waals surface area contributed by atoms with Gasteiger partial charge < -0.3 is 5.32 Å². The van der Waals surface area contributed by atoms with E-state index in [2.05, 4.69) is 34.8 Å². The highest BCUT2D eigenvalue weighted by Crippen LogP contribution is 2.12. The van der Waals surface area contributed by atoms with E-state index in [-0.39, 0.29) is 0 Å². The summed E-state index contributed by atoms with van der Waals surface area (Å²) < 4.78 is 0.891. The Hall–Kier alpha value is 0.690. The lowest BCUT2D eigenvalue weighted by Gasteiger charge is -2.30. The Kier molecular flexibility index (Phi) is 1.34. The first-order valence-corrected chi connectivity index (χ1v) is 3.43. The van der Waals surface area contributed by atoms with E-state index in [9.17, 15) is 0 Å². The third-order valence-corrected chi connectivity index (χ3v) is 2.70. The van der Waals surface area contributed by atoms with Crippen molar-refractivity contribution in [3.63, 3.8) is 0 Å². The summed E-state index contributed by atoms with van der Waals surface area (Å²) in [7, 11) is 0. The smallest absolute Gasteiger partial charge is 0.0385 e. The fourth-order valence-electron chi connectivity index (χ4n) is 0.443. The first-order chi connectivity index (χ1) is 2.80. The van der Waals surface area contributed by atoms with Gasteiger partial charge in [-0.2, -0.15) is 0 Å². The molecule has 1 fully saturated rings. The van der Waals surface area contributed by atoms with Crippen LogP contribution in [0.1, 0.15) is 6.92 Å². The zero-order chi connectivity index (χ0) is 4.57. The topological polar surface area (TPSA) is 12.0 Å². The molecule has 1 nitrogen and oxygen atoms in total. The molecule has 0 aromatic carbocycles. The summed E-state index contributed by atoms with van der Waals surface area (Å²) in [4.78, 5) is 0. The van der Waals surface area contributed by atoms with Gasteiger partial charge in [-0.1, -0.05) is 22.6 Å². The molecule has 0 spiro atoms. The highest BCUT2D eigenvalue weighted by molar-refractivity contribution is 14.1. The first kappa shape index (κ1) is 4.84. The molecule has 6 heavy (non-hydrogen) atoms. The van der Waals surface area contributed by atoms with Gasteiger partial charge in [-0.05, 0) is 6.92 Å². The van der Waals surface area contributed by atoms with Crippen molar-refractivity contribution in [1.29, 1.82) is 0 Å². The molecule has 0 aromatic rings. The van der Waals surface area contributed by atoms with Crippen LogP contribution in [0.25, 0.3) is 0 Å². The Bertz CT molecular complexity index is 47.5. The van der Waals surface area contributed by atoms with Gasteiger partial charge >= 0.3 is 0 Å². The molecule has 0 unspecified atom stereocenters. The molecule has 1 aliphatic rings. The van der Waals surface area contributed by atoms with Gasteiger partial charge in [-0.3, -0.25) is 0 Å². The highest BCUT2D eigenvalue weighted by Gasteiger charge is 2.21. The van der Waals surface area contributed by atoms with E-state index in [1.54, 1.807) is 0 Å². The molecule has 0 radical (unpaired) electrons. The number of halogens is 1. The van der Waals surface area contributed by atoms with E-state index in [1.165, 1.54) is 6.54 Å². The van der Waals surface area contributed by atoms with Crippen LogP contribution >= 0.6 is 22.6 Å². The molecule has 36 valence electrons. The summed E-state index contributed by atoms with van der Waals surface area (Å²) >= 11 is 2.46. The Balaban J connectivity index is 2.20. The first-order valence-electron chi connectivity index (χ1n) is 2.18. The quantitative estimate of drug-likeness (QED) is 0.447. The van der Waals surface area contributed by atoms with Crippen molar-refractivity contribution >= 4 is 22.6 Å². The van der Waals surface area contributed by atoms with Gasteiger partial charge in [0.05, 0.1) is 0 Å². The minimum Gasteiger partial charge on any atom is -0.312 e. The predicted octanol–water partition coefficient (Wildman–Crippen LogP) is 0.782. The normalized spacial score (nSPS) is 45.0. The van der Waals surface area contributed by atoms with Crippen LogP contribution in [0, 0.1) is 0 Å². The van der Waals surface area contributed by atoms with Crippen LogP contribution in [-0.4, -0.2) is 16.5 Å². The van der Waals surface area contributed by atoms with Gasteiger partial charge in [0.25, 0.3) is 0 Å².